The highest BCUT2D eigenvalue weighted by molar-refractivity contribution is 5.19. The maximum Gasteiger partial charge on any atom is 0.194 e. The fourth-order valence-corrected chi connectivity index (χ4v) is 2.00. The third-order valence-corrected chi connectivity index (χ3v) is 3.08. The van der Waals surface area contributed by atoms with Crippen LogP contribution in [0.3, 0.4) is 0 Å². The summed E-state index contributed by atoms with van der Waals surface area (Å²) >= 11 is 0. The quantitative estimate of drug-likeness (QED) is 0.651. The first-order valence-electron chi connectivity index (χ1n) is 6.31. The van der Waals surface area contributed by atoms with Crippen LogP contribution in [0.2, 0.25) is 0 Å². The van der Waals surface area contributed by atoms with Crippen LogP contribution in [0.5, 0.6) is 0 Å². The van der Waals surface area contributed by atoms with Gasteiger partial charge in [0.1, 0.15) is 0 Å². The Bertz CT molecular complexity index is 399. The fraction of sp³-hybridized carbons (Fsp3) is 0.538. The molecular weight excluding hydrogens is 257 g/mol. The van der Waals surface area contributed by atoms with Gasteiger partial charge in [-0.3, -0.25) is 4.90 Å². The van der Waals surface area contributed by atoms with Crippen molar-refractivity contribution in [2.24, 2.45) is 0 Å². The summed E-state index contributed by atoms with van der Waals surface area (Å²) in [5, 5.41) is 3.08. The molecule has 0 amide bonds. The zero-order valence-electron chi connectivity index (χ0n) is 10.6. The van der Waals surface area contributed by atoms with Crippen LogP contribution in [-0.2, 0) is 11.3 Å². The summed E-state index contributed by atoms with van der Waals surface area (Å²) in [5.74, 6) is -3.72. The molecule has 1 aliphatic heterocycles. The van der Waals surface area contributed by atoms with Gasteiger partial charge in [0.15, 0.2) is 17.5 Å². The maximum atomic E-state index is 13.0. The highest BCUT2D eigenvalue weighted by Gasteiger charge is 2.11. The minimum Gasteiger partial charge on any atom is -0.379 e. The van der Waals surface area contributed by atoms with E-state index in [2.05, 4.69) is 10.2 Å². The van der Waals surface area contributed by atoms with Gasteiger partial charge in [-0.15, -0.1) is 0 Å². The molecule has 1 aromatic rings. The van der Waals surface area contributed by atoms with Crippen molar-refractivity contribution in [2.75, 3.05) is 39.4 Å². The second-order valence-corrected chi connectivity index (χ2v) is 4.50. The van der Waals surface area contributed by atoms with E-state index >= 15 is 0 Å². The van der Waals surface area contributed by atoms with Crippen LogP contribution in [0.1, 0.15) is 5.56 Å². The van der Waals surface area contributed by atoms with Crippen LogP contribution in [0.15, 0.2) is 12.1 Å². The summed E-state index contributed by atoms with van der Waals surface area (Å²) in [6, 6.07) is 2.03. The first-order valence-corrected chi connectivity index (χ1v) is 6.31. The van der Waals surface area contributed by atoms with E-state index in [9.17, 15) is 13.2 Å². The number of morpholine rings is 1. The smallest absolute Gasteiger partial charge is 0.194 e. The minimum absolute atomic E-state index is 0.318. The largest absolute Gasteiger partial charge is 0.379 e. The van der Waals surface area contributed by atoms with Crippen molar-refractivity contribution >= 4 is 0 Å². The van der Waals surface area contributed by atoms with Gasteiger partial charge in [0, 0.05) is 32.7 Å². The van der Waals surface area contributed by atoms with Crippen LogP contribution >= 0.6 is 0 Å². The highest BCUT2D eigenvalue weighted by atomic mass is 19.2. The topological polar surface area (TPSA) is 24.5 Å². The standard InChI is InChI=1S/C13H17F3N2O/c14-11-7-10(8-12(15)13(11)16)9-17-1-2-18-3-5-19-6-4-18/h7-8,17H,1-6,9H2. The van der Waals surface area contributed by atoms with E-state index in [1.165, 1.54) is 0 Å². The SMILES string of the molecule is Fc1cc(CNCCN2CCOCC2)cc(F)c1F. The molecule has 0 saturated carbocycles. The molecule has 0 atom stereocenters. The Morgan fingerprint density at radius 2 is 1.74 bits per heavy atom. The zero-order chi connectivity index (χ0) is 13.7. The number of benzene rings is 1. The Hall–Kier alpha value is -1.11. The summed E-state index contributed by atoms with van der Waals surface area (Å²) < 4.78 is 43.9. The second-order valence-electron chi connectivity index (χ2n) is 4.50. The molecule has 1 aromatic carbocycles. The lowest BCUT2D eigenvalue weighted by atomic mass is 10.2. The Morgan fingerprint density at radius 3 is 2.37 bits per heavy atom. The van der Waals surface area contributed by atoms with Gasteiger partial charge < -0.3 is 10.1 Å². The van der Waals surface area contributed by atoms with E-state index in [0.717, 1.165) is 45.0 Å². The molecule has 0 aliphatic carbocycles. The molecule has 3 nitrogen and oxygen atoms in total. The minimum atomic E-state index is -1.42. The van der Waals surface area contributed by atoms with Crippen molar-refractivity contribution in [2.45, 2.75) is 6.54 Å². The van der Waals surface area contributed by atoms with Gasteiger partial charge in [-0.05, 0) is 17.7 Å². The second kappa shape index (κ2) is 6.88. The predicted octanol–water partition coefficient (Wildman–Crippen LogP) is 1.53. The number of hydrogen-bond donors (Lipinski definition) is 1. The highest BCUT2D eigenvalue weighted by Crippen LogP contribution is 2.13. The van der Waals surface area contributed by atoms with Crippen molar-refractivity contribution in [3.8, 4) is 0 Å². The Balaban J connectivity index is 1.73. The van der Waals surface area contributed by atoms with Crippen LogP contribution in [-0.4, -0.2) is 44.3 Å². The number of halogens is 3. The van der Waals surface area contributed by atoms with E-state index < -0.39 is 17.5 Å². The van der Waals surface area contributed by atoms with Crippen molar-refractivity contribution in [1.29, 1.82) is 0 Å². The summed E-state index contributed by atoms with van der Waals surface area (Å²) in [5.41, 5.74) is 0.401. The molecule has 0 aromatic heterocycles. The third-order valence-electron chi connectivity index (χ3n) is 3.08. The van der Waals surface area contributed by atoms with Gasteiger partial charge in [-0.2, -0.15) is 0 Å². The molecular formula is C13H17F3N2O. The average Bonchev–Trinajstić information content (AvgIpc) is 2.42. The molecule has 1 N–H and O–H groups in total. The third kappa shape index (κ3) is 4.19. The first-order chi connectivity index (χ1) is 9.16. The Kier molecular flexibility index (Phi) is 5.18. The summed E-state index contributed by atoms with van der Waals surface area (Å²) in [4.78, 5) is 2.25. The van der Waals surface area contributed by atoms with Crippen LogP contribution in [0, 0.1) is 17.5 Å². The van der Waals surface area contributed by atoms with Crippen molar-refractivity contribution in [3.63, 3.8) is 0 Å². The van der Waals surface area contributed by atoms with Gasteiger partial charge in [0.25, 0.3) is 0 Å². The number of nitrogens with zero attached hydrogens (tertiary/aromatic N) is 1. The van der Waals surface area contributed by atoms with Crippen LogP contribution in [0.25, 0.3) is 0 Å². The van der Waals surface area contributed by atoms with E-state index in [-0.39, 0.29) is 0 Å². The summed E-state index contributed by atoms with van der Waals surface area (Å²) in [7, 11) is 0. The van der Waals surface area contributed by atoms with E-state index in [0.29, 0.717) is 18.7 Å². The summed E-state index contributed by atoms with van der Waals surface area (Å²) in [6.07, 6.45) is 0. The molecule has 2 rings (SSSR count). The van der Waals surface area contributed by atoms with Crippen LogP contribution < -0.4 is 5.32 Å². The molecule has 0 bridgehead atoms. The molecule has 6 heteroatoms. The zero-order valence-corrected chi connectivity index (χ0v) is 10.6. The summed E-state index contributed by atoms with van der Waals surface area (Å²) in [6.45, 7) is 5.18. The maximum absolute atomic E-state index is 13.0. The van der Waals surface area contributed by atoms with E-state index in [1.807, 2.05) is 0 Å². The van der Waals surface area contributed by atoms with E-state index in [1.54, 1.807) is 0 Å². The molecule has 19 heavy (non-hydrogen) atoms. The van der Waals surface area contributed by atoms with Gasteiger partial charge in [0.05, 0.1) is 13.2 Å². The average molecular weight is 274 g/mol. The monoisotopic (exact) mass is 274 g/mol. The number of ether oxygens (including phenoxy) is 1. The molecule has 1 heterocycles. The number of rotatable bonds is 5. The molecule has 0 unspecified atom stereocenters. The Morgan fingerprint density at radius 1 is 1.11 bits per heavy atom. The van der Waals surface area contributed by atoms with Crippen molar-refractivity contribution < 1.29 is 17.9 Å². The van der Waals surface area contributed by atoms with E-state index in [4.69, 9.17) is 4.74 Å². The van der Waals surface area contributed by atoms with Gasteiger partial charge in [-0.1, -0.05) is 0 Å². The molecule has 0 radical (unpaired) electrons. The molecule has 1 saturated heterocycles. The Labute approximate surface area is 110 Å². The van der Waals surface area contributed by atoms with Crippen molar-refractivity contribution in [1.82, 2.24) is 10.2 Å². The molecule has 106 valence electrons. The lowest BCUT2D eigenvalue weighted by Crippen LogP contribution is -2.40. The lowest BCUT2D eigenvalue weighted by Gasteiger charge is -2.26. The molecule has 1 fully saturated rings. The number of hydrogen-bond acceptors (Lipinski definition) is 3. The van der Waals surface area contributed by atoms with Crippen molar-refractivity contribution in [3.05, 3.63) is 35.1 Å². The lowest BCUT2D eigenvalue weighted by molar-refractivity contribution is 0.0384. The predicted molar refractivity (Wildman–Crippen MR) is 65.3 cm³/mol. The van der Waals surface area contributed by atoms with Gasteiger partial charge in [0.2, 0.25) is 0 Å². The molecule has 1 aliphatic rings. The van der Waals surface area contributed by atoms with Gasteiger partial charge >= 0.3 is 0 Å². The number of nitrogens with one attached hydrogen (secondary N) is 1. The van der Waals surface area contributed by atoms with Crippen LogP contribution in [0.4, 0.5) is 13.2 Å². The molecule has 0 spiro atoms. The van der Waals surface area contributed by atoms with Gasteiger partial charge in [-0.25, -0.2) is 13.2 Å². The fourth-order valence-electron chi connectivity index (χ4n) is 2.00. The first kappa shape index (κ1) is 14.3. The normalized spacial score (nSPS) is 16.8.